The van der Waals surface area contributed by atoms with Gasteiger partial charge in [-0.15, -0.1) is 24.5 Å². The molecule has 1 N–H and O–H groups in total. The van der Waals surface area contributed by atoms with E-state index in [0.717, 1.165) is 9.75 Å². The molecule has 0 aliphatic rings. The molecule has 2 aromatic rings. The molecule has 1 heterocycles. The molecule has 1 unspecified atom stereocenters. The molecule has 2 nitrogen and oxygen atoms in total. The third-order valence-electron chi connectivity index (χ3n) is 2.73. The van der Waals surface area contributed by atoms with Crippen molar-refractivity contribution in [2.24, 2.45) is 0 Å². The third-order valence-corrected chi connectivity index (χ3v) is 4.41. The molecule has 114 valence electrons. The molecule has 1 aromatic heterocycles. The highest BCUT2D eigenvalue weighted by Crippen LogP contribution is 2.35. The number of aryl methyl sites for hydroxylation is 1. The first kappa shape index (κ1) is 16.2. The van der Waals surface area contributed by atoms with Crippen molar-refractivity contribution in [1.29, 1.82) is 0 Å². The summed E-state index contributed by atoms with van der Waals surface area (Å²) in [6.45, 7) is 3.88. The van der Waals surface area contributed by atoms with Gasteiger partial charge in [-0.25, -0.2) is 0 Å². The van der Waals surface area contributed by atoms with Crippen molar-refractivity contribution >= 4 is 33.0 Å². The van der Waals surface area contributed by atoms with E-state index in [-0.39, 0.29) is 11.8 Å². The molecule has 0 fully saturated rings. The summed E-state index contributed by atoms with van der Waals surface area (Å²) in [5, 5.41) is 3.05. The van der Waals surface area contributed by atoms with E-state index in [9.17, 15) is 13.2 Å². The molecule has 1 atom stereocenters. The molecule has 0 amide bonds. The van der Waals surface area contributed by atoms with Crippen LogP contribution in [-0.2, 0) is 0 Å². The van der Waals surface area contributed by atoms with Crippen molar-refractivity contribution in [3.05, 3.63) is 44.6 Å². The van der Waals surface area contributed by atoms with Crippen LogP contribution in [0, 0.1) is 6.92 Å². The predicted octanol–water partition coefficient (Wildman–Crippen LogP) is 5.89. The predicted molar refractivity (Wildman–Crippen MR) is 81.9 cm³/mol. The molecule has 0 saturated heterocycles. The molecule has 1 aromatic carbocycles. The lowest BCUT2D eigenvalue weighted by Gasteiger charge is -2.18. The van der Waals surface area contributed by atoms with Crippen molar-refractivity contribution in [2.45, 2.75) is 26.3 Å². The maximum atomic E-state index is 12.5. The molecule has 0 spiro atoms. The molecule has 0 radical (unpaired) electrons. The lowest BCUT2D eigenvalue weighted by atomic mass is 10.2. The summed E-state index contributed by atoms with van der Waals surface area (Å²) in [5.74, 6) is -0.253. The monoisotopic (exact) mass is 379 g/mol. The van der Waals surface area contributed by atoms with Gasteiger partial charge < -0.3 is 10.1 Å². The van der Waals surface area contributed by atoms with Gasteiger partial charge >= 0.3 is 6.36 Å². The number of hydrogen-bond acceptors (Lipinski definition) is 3. The summed E-state index contributed by atoms with van der Waals surface area (Å²) in [4.78, 5) is 2.20. The SMILES string of the molecule is Cc1ccc(C(C)Nc2ccc(Br)cc2OC(F)(F)F)s1. The summed E-state index contributed by atoms with van der Waals surface area (Å²) >= 11 is 4.75. The Labute approximate surface area is 133 Å². The smallest absolute Gasteiger partial charge is 0.404 e. The second-order valence-electron chi connectivity index (χ2n) is 4.50. The van der Waals surface area contributed by atoms with Gasteiger partial charge in [-0.05, 0) is 44.2 Å². The highest BCUT2D eigenvalue weighted by atomic mass is 79.9. The van der Waals surface area contributed by atoms with Crippen LogP contribution in [0.3, 0.4) is 0 Å². The molecule has 0 bridgehead atoms. The lowest BCUT2D eigenvalue weighted by Crippen LogP contribution is -2.18. The Balaban J connectivity index is 2.22. The van der Waals surface area contributed by atoms with Crippen LogP contribution in [-0.4, -0.2) is 6.36 Å². The zero-order valence-electron chi connectivity index (χ0n) is 11.3. The zero-order chi connectivity index (χ0) is 15.6. The van der Waals surface area contributed by atoms with Gasteiger partial charge in [0.2, 0.25) is 0 Å². The number of alkyl halides is 3. The number of rotatable bonds is 4. The number of anilines is 1. The fourth-order valence-corrected chi connectivity index (χ4v) is 3.03. The normalized spacial score (nSPS) is 13.0. The van der Waals surface area contributed by atoms with Gasteiger partial charge in [0.25, 0.3) is 0 Å². The van der Waals surface area contributed by atoms with E-state index >= 15 is 0 Å². The number of hydrogen-bond donors (Lipinski definition) is 1. The van der Waals surface area contributed by atoms with Crippen LogP contribution in [0.4, 0.5) is 18.9 Å². The lowest BCUT2D eigenvalue weighted by molar-refractivity contribution is -0.274. The van der Waals surface area contributed by atoms with E-state index in [2.05, 4.69) is 26.0 Å². The van der Waals surface area contributed by atoms with Gasteiger partial charge in [0, 0.05) is 14.2 Å². The summed E-state index contributed by atoms with van der Waals surface area (Å²) in [5.41, 5.74) is 0.300. The minimum Gasteiger partial charge on any atom is -0.404 e. The quantitative estimate of drug-likeness (QED) is 0.714. The Morgan fingerprint density at radius 1 is 1.24 bits per heavy atom. The second-order valence-corrected chi connectivity index (χ2v) is 6.74. The Hall–Kier alpha value is -1.21. The molecule has 0 saturated carbocycles. The number of nitrogens with one attached hydrogen (secondary N) is 1. The van der Waals surface area contributed by atoms with Crippen molar-refractivity contribution in [1.82, 2.24) is 0 Å². The molecule has 0 aliphatic carbocycles. The van der Waals surface area contributed by atoms with Crippen LogP contribution in [0.25, 0.3) is 0 Å². The van der Waals surface area contributed by atoms with Gasteiger partial charge in [0.15, 0.2) is 5.75 Å². The first-order valence-electron chi connectivity index (χ1n) is 6.13. The van der Waals surface area contributed by atoms with E-state index in [1.165, 1.54) is 6.07 Å². The van der Waals surface area contributed by atoms with Crippen LogP contribution in [0.2, 0.25) is 0 Å². The largest absolute Gasteiger partial charge is 0.573 e. The second kappa shape index (κ2) is 6.27. The van der Waals surface area contributed by atoms with Crippen LogP contribution >= 0.6 is 27.3 Å². The minimum absolute atomic E-state index is 0.111. The number of ether oxygens (including phenoxy) is 1. The highest BCUT2D eigenvalue weighted by molar-refractivity contribution is 9.10. The first-order chi connectivity index (χ1) is 9.74. The number of benzene rings is 1. The van der Waals surface area contributed by atoms with Gasteiger partial charge in [-0.1, -0.05) is 15.9 Å². The summed E-state index contributed by atoms with van der Waals surface area (Å²) in [6.07, 6.45) is -4.72. The molecule has 21 heavy (non-hydrogen) atoms. The van der Waals surface area contributed by atoms with Gasteiger partial charge in [0.1, 0.15) is 0 Å². The zero-order valence-corrected chi connectivity index (χ0v) is 13.7. The van der Waals surface area contributed by atoms with Crippen molar-refractivity contribution in [3.8, 4) is 5.75 Å². The van der Waals surface area contributed by atoms with Crippen LogP contribution in [0.1, 0.15) is 22.7 Å². The third kappa shape index (κ3) is 4.64. The van der Waals surface area contributed by atoms with E-state index < -0.39 is 6.36 Å². The van der Waals surface area contributed by atoms with E-state index in [0.29, 0.717) is 10.2 Å². The number of halogens is 4. The summed E-state index contributed by atoms with van der Waals surface area (Å²) < 4.78 is 41.9. The molecular formula is C14H13BrF3NOS. The average molecular weight is 380 g/mol. The Kier molecular flexibility index (Phi) is 4.83. The average Bonchev–Trinajstić information content (AvgIpc) is 2.77. The topological polar surface area (TPSA) is 21.3 Å². The fourth-order valence-electron chi connectivity index (χ4n) is 1.82. The molecule has 2 rings (SSSR count). The van der Waals surface area contributed by atoms with Crippen LogP contribution in [0.15, 0.2) is 34.8 Å². The standard InChI is InChI=1S/C14H13BrF3NOS/c1-8-3-6-13(21-8)9(2)19-11-5-4-10(15)7-12(11)20-14(16,17)18/h3-7,9,19H,1-2H3. The molecule has 7 heteroatoms. The van der Waals surface area contributed by atoms with Crippen molar-refractivity contribution in [2.75, 3.05) is 5.32 Å². The first-order valence-corrected chi connectivity index (χ1v) is 7.74. The van der Waals surface area contributed by atoms with Crippen molar-refractivity contribution < 1.29 is 17.9 Å². The van der Waals surface area contributed by atoms with E-state index in [1.807, 2.05) is 26.0 Å². The maximum absolute atomic E-state index is 12.5. The highest BCUT2D eigenvalue weighted by Gasteiger charge is 2.32. The molecular weight excluding hydrogens is 367 g/mol. The maximum Gasteiger partial charge on any atom is 0.573 e. The van der Waals surface area contributed by atoms with Crippen LogP contribution < -0.4 is 10.1 Å². The fraction of sp³-hybridized carbons (Fsp3) is 0.286. The van der Waals surface area contributed by atoms with Crippen LogP contribution in [0.5, 0.6) is 5.75 Å². The Morgan fingerprint density at radius 3 is 2.52 bits per heavy atom. The minimum atomic E-state index is -4.72. The molecule has 0 aliphatic heterocycles. The summed E-state index contributed by atoms with van der Waals surface area (Å²) in [7, 11) is 0. The van der Waals surface area contributed by atoms with Gasteiger partial charge in [-0.2, -0.15) is 0 Å². The Bertz CT molecular complexity index is 627. The van der Waals surface area contributed by atoms with Gasteiger partial charge in [0.05, 0.1) is 11.7 Å². The Morgan fingerprint density at radius 2 is 1.95 bits per heavy atom. The van der Waals surface area contributed by atoms with Crippen molar-refractivity contribution in [3.63, 3.8) is 0 Å². The summed E-state index contributed by atoms with van der Waals surface area (Å²) in [6, 6.07) is 8.34. The van der Waals surface area contributed by atoms with Gasteiger partial charge in [-0.3, -0.25) is 0 Å². The van der Waals surface area contributed by atoms with E-state index in [4.69, 9.17) is 0 Å². The number of thiophene rings is 1. The van der Waals surface area contributed by atoms with E-state index in [1.54, 1.807) is 23.5 Å².